The third-order valence-corrected chi connectivity index (χ3v) is 1.37. The number of esters is 1. The number of hydrogen-bond acceptors (Lipinski definition) is 4. The van der Waals surface area contributed by atoms with Crippen LogP contribution < -0.4 is 0 Å². The lowest BCUT2D eigenvalue weighted by molar-refractivity contribution is -0.154. The van der Waals surface area contributed by atoms with E-state index in [1.165, 1.54) is 0 Å². The monoisotopic (exact) mass is 162 g/mol. The second-order valence-electron chi connectivity index (χ2n) is 2.66. The molecular formula is C7H14O4. The second-order valence-corrected chi connectivity index (χ2v) is 2.66. The molecule has 0 aliphatic rings. The van der Waals surface area contributed by atoms with Crippen molar-refractivity contribution in [1.82, 2.24) is 0 Å². The summed E-state index contributed by atoms with van der Waals surface area (Å²) in [5, 5.41) is 17.3. The minimum absolute atomic E-state index is 0.0289. The van der Waals surface area contributed by atoms with Gasteiger partial charge in [-0.25, -0.2) is 0 Å². The molecule has 4 nitrogen and oxygen atoms in total. The highest BCUT2D eigenvalue weighted by molar-refractivity contribution is 5.69. The van der Waals surface area contributed by atoms with Crippen molar-refractivity contribution in [3.05, 3.63) is 0 Å². The van der Waals surface area contributed by atoms with Crippen molar-refractivity contribution in [2.75, 3.05) is 6.79 Å². The zero-order valence-corrected chi connectivity index (χ0v) is 6.78. The Hall–Kier alpha value is -0.610. The fraction of sp³-hybridized carbons (Fsp3) is 0.857. The zero-order chi connectivity index (χ0) is 8.85. The number of aliphatic hydroxyl groups is 2. The van der Waals surface area contributed by atoms with Gasteiger partial charge in [-0.2, -0.15) is 0 Å². The Morgan fingerprint density at radius 1 is 1.55 bits per heavy atom. The Balaban J connectivity index is 3.57. The van der Waals surface area contributed by atoms with Crippen LogP contribution in [0.2, 0.25) is 0 Å². The highest BCUT2D eigenvalue weighted by Crippen LogP contribution is 2.05. The van der Waals surface area contributed by atoms with E-state index in [4.69, 9.17) is 10.2 Å². The van der Waals surface area contributed by atoms with Crippen molar-refractivity contribution in [3.63, 3.8) is 0 Å². The van der Waals surface area contributed by atoms with Crippen LogP contribution in [-0.2, 0) is 9.53 Å². The molecule has 0 saturated heterocycles. The first kappa shape index (κ1) is 10.4. The molecule has 66 valence electrons. The van der Waals surface area contributed by atoms with Crippen molar-refractivity contribution < 1.29 is 19.7 Å². The molecule has 1 unspecified atom stereocenters. The average molecular weight is 162 g/mol. The number of aliphatic hydroxyl groups excluding tert-OH is 2. The van der Waals surface area contributed by atoms with Gasteiger partial charge >= 0.3 is 5.97 Å². The molecule has 0 radical (unpaired) electrons. The molecule has 0 fully saturated rings. The molecule has 4 heteroatoms. The lowest BCUT2D eigenvalue weighted by Gasteiger charge is -2.12. The molecule has 0 aliphatic heterocycles. The summed E-state index contributed by atoms with van der Waals surface area (Å²) in [6, 6.07) is 0. The van der Waals surface area contributed by atoms with Crippen molar-refractivity contribution >= 4 is 5.97 Å². The van der Waals surface area contributed by atoms with Gasteiger partial charge in [-0.05, 0) is 5.92 Å². The molecule has 0 aromatic carbocycles. The minimum Gasteiger partial charge on any atom is -0.439 e. The van der Waals surface area contributed by atoms with E-state index in [-0.39, 0.29) is 12.3 Å². The Morgan fingerprint density at radius 2 is 2.09 bits per heavy atom. The van der Waals surface area contributed by atoms with Crippen molar-refractivity contribution in [2.24, 2.45) is 5.92 Å². The van der Waals surface area contributed by atoms with E-state index in [1.54, 1.807) is 13.8 Å². The SMILES string of the molecule is CC(C)C(O)CC(=O)OCO. The minimum atomic E-state index is -0.686. The van der Waals surface area contributed by atoms with Crippen LogP contribution in [0, 0.1) is 5.92 Å². The van der Waals surface area contributed by atoms with E-state index in [0.29, 0.717) is 0 Å². The zero-order valence-electron chi connectivity index (χ0n) is 6.78. The maximum Gasteiger partial charge on any atom is 0.310 e. The van der Waals surface area contributed by atoms with Gasteiger partial charge in [-0.3, -0.25) is 4.79 Å². The predicted molar refractivity (Wildman–Crippen MR) is 38.6 cm³/mol. The molecule has 0 aromatic heterocycles. The van der Waals surface area contributed by atoms with Crippen LogP contribution in [-0.4, -0.2) is 29.1 Å². The Labute approximate surface area is 65.8 Å². The summed E-state index contributed by atoms with van der Waals surface area (Å²) in [4.78, 5) is 10.6. The summed E-state index contributed by atoms with van der Waals surface area (Å²) >= 11 is 0. The van der Waals surface area contributed by atoms with Crippen LogP contribution in [0.5, 0.6) is 0 Å². The molecule has 0 amide bonds. The number of ether oxygens (including phenoxy) is 1. The maximum absolute atomic E-state index is 10.6. The van der Waals surface area contributed by atoms with Gasteiger partial charge in [-0.1, -0.05) is 13.8 Å². The number of carbonyl (C=O) groups excluding carboxylic acids is 1. The first-order chi connectivity index (χ1) is 5.07. The summed E-state index contributed by atoms with van der Waals surface area (Å²) in [6.45, 7) is 2.98. The third-order valence-electron chi connectivity index (χ3n) is 1.37. The summed E-state index contributed by atoms with van der Waals surface area (Å²) < 4.78 is 4.22. The standard InChI is InChI=1S/C7H14O4/c1-5(2)6(9)3-7(10)11-4-8/h5-6,8-9H,3-4H2,1-2H3. The summed E-state index contributed by atoms with van der Waals surface area (Å²) in [7, 11) is 0. The first-order valence-electron chi connectivity index (χ1n) is 3.52. The number of hydrogen-bond donors (Lipinski definition) is 2. The molecule has 0 saturated carbocycles. The Kier molecular flexibility index (Phi) is 4.81. The van der Waals surface area contributed by atoms with Crippen LogP contribution in [0.4, 0.5) is 0 Å². The van der Waals surface area contributed by atoms with Crippen molar-refractivity contribution in [2.45, 2.75) is 26.4 Å². The van der Waals surface area contributed by atoms with Gasteiger partial charge in [0.2, 0.25) is 0 Å². The lowest BCUT2D eigenvalue weighted by atomic mass is 10.1. The fourth-order valence-corrected chi connectivity index (χ4v) is 0.537. The third kappa shape index (κ3) is 4.75. The largest absolute Gasteiger partial charge is 0.439 e. The van der Waals surface area contributed by atoms with Crippen LogP contribution >= 0.6 is 0 Å². The first-order valence-corrected chi connectivity index (χ1v) is 3.52. The van der Waals surface area contributed by atoms with Crippen LogP contribution in [0.1, 0.15) is 20.3 Å². The normalized spacial score (nSPS) is 13.2. The van der Waals surface area contributed by atoms with E-state index in [2.05, 4.69) is 4.74 Å². The molecular weight excluding hydrogens is 148 g/mol. The molecule has 0 aromatic rings. The summed E-state index contributed by atoms with van der Waals surface area (Å²) in [5.74, 6) is -0.546. The second kappa shape index (κ2) is 5.09. The van der Waals surface area contributed by atoms with Gasteiger partial charge in [0.25, 0.3) is 0 Å². The molecule has 2 N–H and O–H groups in total. The number of rotatable bonds is 4. The molecule has 0 spiro atoms. The highest BCUT2D eigenvalue weighted by Gasteiger charge is 2.14. The quantitative estimate of drug-likeness (QED) is 0.447. The van der Waals surface area contributed by atoms with Crippen molar-refractivity contribution in [1.29, 1.82) is 0 Å². The highest BCUT2D eigenvalue weighted by atomic mass is 16.6. The molecule has 1 atom stereocenters. The predicted octanol–water partition coefficient (Wildman–Crippen LogP) is -0.114. The topological polar surface area (TPSA) is 66.8 Å². The van der Waals surface area contributed by atoms with Crippen LogP contribution in [0.15, 0.2) is 0 Å². The summed E-state index contributed by atoms with van der Waals surface area (Å²) in [6.07, 6.45) is -0.743. The van der Waals surface area contributed by atoms with Gasteiger partial charge in [0.05, 0.1) is 12.5 Å². The molecule has 11 heavy (non-hydrogen) atoms. The average Bonchev–Trinajstić information content (AvgIpc) is 1.87. The van der Waals surface area contributed by atoms with E-state index in [0.717, 1.165) is 0 Å². The Morgan fingerprint density at radius 3 is 2.45 bits per heavy atom. The van der Waals surface area contributed by atoms with Crippen molar-refractivity contribution in [3.8, 4) is 0 Å². The van der Waals surface area contributed by atoms with E-state index in [9.17, 15) is 4.79 Å². The van der Waals surface area contributed by atoms with Gasteiger partial charge < -0.3 is 14.9 Å². The molecule has 0 bridgehead atoms. The lowest BCUT2D eigenvalue weighted by Crippen LogP contribution is -2.20. The molecule has 0 aliphatic carbocycles. The van der Waals surface area contributed by atoms with E-state index in [1.807, 2.05) is 0 Å². The number of carbonyl (C=O) groups is 1. The summed E-state index contributed by atoms with van der Waals surface area (Å²) in [5.41, 5.74) is 0. The maximum atomic E-state index is 10.6. The van der Waals surface area contributed by atoms with E-state index < -0.39 is 18.9 Å². The van der Waals surface area contributed by atoms with Crippen LogP contribution in [0.25, 0.3) is 0 Å². The van der Waals surface area contributed by atoms with E-state index >= 15 is 0 Å². The smallest absolute Gasteiger partial charge is 0.310 e. The molecule has 0 rings (SSSR count). The van der Waals surface area contributed by atoms with Gasteiger partial charge in [0.1, 0.15) is 0 Å². The molecule has 0 heterocycles. The van der Waals surface area contributed by atoms with Gasteiger partial charge in [0, 0.05) is 0 Å². The Bertz CT molecular complexity index is 122. The van der Waals surface area contributed by atoms with Crippen LogP contribution in [0.3, 0.4) is 0 Å². The van der Waals surface area contributed by atoms with Gasteiger partial charge in [0.15, 0.2) is 6.79 Å². The van der Waals surface area contributed by atoms with Gasteiger partial charge in [-0.15, -0.1) is 0 Å². The fourth-order valence-electron chi connectivity index (χ4n) is 0.537.